The second kappa shape index (κ2) is 6.71. The summed E-state index contributed by atoms with van der Waals surface area (Å²) in [7, 11) is 0. The van der Waals surface area contributed by atoms with Crippen molar-refractivity contribution in [2.75, 3.05) is 25.0 Å². The molecule has 1 heterocycles. The fourth-order valence-corrected chi connectivity index (χ4v) is 2.51. The highest BCUT2D eigenvalue weighted by Gasteiger charge is 2.18. The lowest BCUT2D eigenvalue weighted by Crippen LogP contribution is -2.37. The van der Waals surface area contributed by atoms with E-state index < -0.39 is 0 Å². The molecule has 3 nitrogen and oxygen atoms in total. The second-order valence-corrected chi connectivity index (χ2v) is 5.62. The van der Waals surface area contributed by atoms with Gasteiger partial charge in [-0.3, -0.25) is 4.79 Å². The summed E-state index contributed by atoms with van der Waals surface area (Å²) in [5, 5.41) is 2.99. The highest BCUT2D eigenvalue weighted by atomic mass is 16.1. The molecule has 0 bridgehead atoms. The second-order valence-electron chi connectivity index (χ2n) is 5.62. The molecule has 0 aliphatic carbocycles. The number of carbonyl (C=O) groups is 1. The fourth-order valence-electron chi connectivity index (χ4n) is 2.51. The van der Waals surface area contributed by atoms with Gasteiger partial charge < -0.3 is 10.2 Å². The normalized spacial score (nSPS) is 18.0. The molecule has 1 aliphatic heterocycles. The van der Waals surface area contributed by atoms with Gasteiger partial charge in [0.05, 0.1) is 0 Å². The molecule has 1 N–H and O–H groups in total. The number of benzene rings is 1. The molecule has 1 aromatic rings. The van der Waals surface area contributed by atoms with Gasteiger partial charge in [0, 0.05) is 18.2 Å². The van der Waals surface area contributed by atoms with Gasteiger partial charge in [0.25, 0.3) is 0 Å². The molecule has 0 spiro atoms. The lowest BCUT2D eigenvalue weighted by Gasteiger charge is -2.28. The number of anilines is 1. The van der Waals surface area contributed by atoms with Crippen LogP contribution in [-0.2, 0) is 4.79 Å². The van der Waals surface area contributed by atoms with Crippen LogP contribution in [0.25, 0.3) is 0 Å². The summed E-state index contributed by atoms with van der Waals surface area (Å²) in [5.74, 6) is 0.161. The van der Waals surface area contributed by atoms with E-state index in [9.17, 15) is 4.79 Å². The van der Waals surface area contributed by atoms with E-state index >= 15 is 0 Å². The van der Waals surface area contributed by atoms with Crippen molar-refractivity contribution in [2.24, 2.45) is 5.92 Å². The van der Waals surface area contributed by atoms with E-state index in [2.05, 4.69) is 10.2 Å². The number of amides is 1. The molecule has 1 amide bonds. The summed E-state index contributed by atoms with van der Waals surface area (Å²) < 4.78 is 0. The van der Waals surface area contributed by atoms with Gasteiger partial charge in [0.2, 0.25) is 5.91 Å². The van der Waals surface area contributed by atoms with E-state index in [0.717, 1.165) is 25.3 Å². The average molecular weight is 260 g/mol. The van der Waals surface area contributed by atoms with Crippen LogP contribution in [0, 0.1) is 12.8 Å². The van der Waals surface area contributed by atoms with Crippen LogP contribution in [0.5, 0.6) is 0 Å². The van der Waals surface area contributed by atoms with Crippen molar-refractivity contribution in [1.82, 2.24) is 4.90 Å². The predicted molar refractivity (Wildman–Crippen MR) is 79.3 cm³/mol. The van der Waals surface area contributed by atoms with E-state index in [4.69, 9.17) is 0 Å². The molecule has 0 radical (unpaired) electrons. The van der Waals surface area contributed by atoms with Crippen LogP contribution in [0.2, 0.25) is 0 Å². The van der Waals surface area contributed by atoms with Crippen LogP contribution in [0.3, 0.4) is 0 Å². The van der Waals surface area contributed by atoms with Crippen molar-refractivity contribution in [2.45, 2.75) is 33.1 Å². The summed E-state index contributed by atoms with van der Waals surface area (Å²) in [6, 6.07) is 7.96. The molecule has 1 fully saturated rings. The van der Waals surface area contributed by atoms with Crippen LogP contribution in [0.15, 0.2) is 24.3 Å². The minimum atomic E-state index is 0.0411. The summed E-state index contributed by atoms with van der Waals surface area (Å²) in [5.41, 5.74) is 2.10. The molecule has 104 valence electrons. The number of rotatable bonds is 4. The zero-order valence-electron chi connectivity index (χ0n) is 12.0. The van der Waals surface area contributed by atoms with Crippen LogP contribution < -0.4 is 5.32 Å². The zero-order chi connectivity index (χ0) is 13.7. The fraction of sp³-hybridized carbons (Fsp3) is 0.562. The first-order valence-corrected chi connectivity index (χ1v) is 7.25. The minimum Gasteiger partial charge on any atom is -0.326 e. The van der Waals surface area contributed by atoms with Gasteiger partial charge in [-0.05, 0) is 45.0 Å². The predicted octanol–water partition coefficient (Wildman–Crippen LogP) is 3.06. The SMILES string of the molecule is Cc1ccc(NC(=O)C(C)CN2CCCCC2)cc1. The molecule has 3 heteroatoms. The minimum absolute atomic E-state index is 0.0411. The van der Waals surface area contributed by atoms with Gasteiger partial charge >= 0.3 is 0 Å². The van der Waals surface area contributed by atoms with Crippen molar-refractivity contribution >= 4 is 11.6 Å². The zero-order valence-corrected chi connectivity index (χ0v) is 12.0. The molecule has 1 unspecified atom stereocenters. The van der Waals surface area contributed by atoms with E-state index in [1.807, 2.05) is 38.1 Å². The highest BCUT2D eigenvalue weighted by Crippen LogP contribution is 2.13. The molecule has 1 aliphatic rings. The van der Waals surface area contributed by atoms with E-state index in [1.54, 1.807) is 0 Å². The van der Waals surface area contributed by atoms with Crippen LogP contribution in [0.1, 0.15) is 31.7 Å². The Bertz CT molecular complexity index is 407. The standard InChI is InChI=1S/C16H24N2O/c1-13-6-8-15(9-7-13)17-16(19)14(2)12-18-10-4-3-5-11-18/h6-9,14H,3-5,10-12H2,1-2H3,(H,17,19). The first-order valence-electron chi connectivity index (χ1n) is 7.25. The molecule has 19 heavy (non-hydrogen) atoms. The monoisotopic (exact) mass is 260 g/mol. The van der Waals surface area contributed by atoms with Crippen LogP contribution >= 0.6 is 0 Å². The quantitative estimate of drug-likeness (QED) is 0.902. The Morgan fingerprint density at radius 2 is 1.84 bits per heavy atom. The van der Waals surface area contributed by atoms with E-state index in [0.29, 0.717) is 0 Å². The van der Waals surface area contributed by atoms with Crippen molar-refractivity contribution in [1.29, 1.82) is 0 Å². The Morgan fingerprint density at radius 1 is 1.21 bits per heavy atom. The van der Waals surface area contributed by atoms with Gasteiger partial charge in [-0.25, -0.2) is 0 Å². The third-order valence-electron chi connectivity index (χ3n) is 3.75. The largest absolute Gasteiger partial charge is 0.326 e. The third-order valence-corrected chi connectivity index (χ3v) is 3.75. The van der Waals surface area contributed by atoms with Crippen LogP contribution in [0.4, 0.5) is 5.69 Å². The summed E-state index contributed by atoms with van der Waals surface area (Å²) >= 11 is 0. The highest BCUT2D eigenvalue weighted by molar-refractivity contribution is 5.92. The molecule has 1 aromatic carbocycles. The molecular formula is C16H24N2O. The van der Waals surface area contributed by atoms with Crippen molar-refractivity contribution < 1.29 is 4.79 Å². The number of piperidine rings is 1. The number of nitrogens with one attached hydrogen (secondary N) is 1. The van der Waals surface area contributed by atoms with Crippen molar-refractivity contribution in [3.05, 3.63) is 29.8 Å². The van der Waals surface area contributed by atoms with E-state index in [1.165, 1.54) is 24.8 Å². The maximum atomic E-state index is 12.1. The molecular weight excluding hydrogens is 236 g/mol. The molecule has 0 saturated carbocycles. The van der Waals surface area contributed by atoms with Gasteiger partial charge in [-0.15, -0.1) is 0 Å². The number of hydrogen-bond donors (Lipinski definition) is 1. The number of likely N-dealkylation sites (tertiary alicyclic amines) is 1. The van der Waals surface area contributed by atoms with Gasteiger partial charge in [0.15, 0.2) is 0 Å². The smallest absolute Gasteiger partial charge is 0.228 e. The topological polar surface area (TPSA) is 32.3 Å². The van der Waals surface area contributed by atoms with Crippen molar-refractivity contribution in [3.63, 3.8) is 0 Å². The lowest BCUT2D eigenvalue weighted by molar-refractivity contribution is -0.120. The first kappa shape index (κ1) is 14.1. The summed E-state index contributed by atoms with van der Waals surface area (Å²) in [4.78, 5) is 14.5. The Hall–Kier alpha value is -1.35. The van der Waals surface area contributed by atoms with Gasteiger partial charge in [-0.2, -0.15) is 0 Å². The molecule has 1 atom stereocenters. The number of carbonyl (C=O) groups excluding carboxylic acids is 1. The Kier molecular flexibility index (Phi) is 4.97. The number of nitrogens with zero attached hydrogens (tertiary/aromatic N) is 1. The molecule has 0 aromatic heterocycles. The van der Waals surface area contributed by atoms with Crippen LogP contribution in [-0.4, -0.2) is 30.4 Å². The summed E-state index contributed by atoms with van der Waals surface area (Å²) in [6.45, 7) is 7.21. The maximum Gasteiger partial charge on any atom is 0.228 e. The number of aryl methyl sites for hydroxylation is 1. The van der Waals surface area contributed by atoms with E-state index in [-0.39, 0.29) is 11.8 Å². The molecule has 1 saturated heterocycles. The first-order chi connectivity index (χ1) is 9.15. The van der Waals surface area contributed by atoms with Gasteiger partial charge in [0.1, 0.15) is 0 Å². The summed E-state index contributed by atoms with van der Waals surface area (Å²) in [6.07, 6.45) is 3.87. The maximum absolute atomic E-state index is 12.1. The third kappa shape index (κ3) is 4.35. The number of hydrogen-bond acceptors (Lipinski definition) is 2. The van der Waals surface area contributed by atoms with Gasteiger partial charge in [-0.1, -0.05) is 31.0 Å². The van der Waals surface area contributed by atoms with Crippen molar-refractivity contribution in [3.8, 4) is 0 Å². The Morgan fingerprint density at radius 3 is 2.47 bits per heavy atom. The lowest BCUT2D eigenvalue weighted by atomic mass is 10.1. The Labute approximate surface area is 116 Å². The molecule has 2 rings (SSSR count). The average Bonchev–Trinajstić information content (AvgIpc) is 2.42. The Balaban J connectivity index is 1.83.